The number of thiophene rings is 1. The molecule has 0 aliphatic carbocycles. The van der Waals surface area contributed by atoms with Crippen LogP contribution < -0.4 is 10.9 Å². The smallest absolute Gasteiger partial charge is 0.263 e. The van der Waals surface area contributed by atoms with Crippen molar-refractivity contribution in [3.05, 3.63) is 75.7 Å². The van der Waals surface area contributed by atoms with Crippen molar-refractivity contribution in [2.45, 2.75) is 25.3 Å². The van der Waals surface area contributed by atoms with Crippen LogP contribution in [0.1, 0.15) is 10.4 Å². The van der Waals surface area contributed by atoms with Crippen LogP contribution in [-0.2, 0) is 21.4 Å². The molecule has 0 saturated heterocycles. The maximum atomic E-state index is 13.3. The second-order valence-corrected chi connectivity index (χ2v) is 11.4. The Bertz CT molecular complexity index is 1560. The Morgan fingerprint density at radius 3 is 2.50 bits per heavy atom. The average molecular weight is 497 g/mol. The van der Waals surface area contributed by atoms with E-state index in [1.54, 1.807) is 13.0 Å². The van der Waals surface area contributed by atoms with E-state index in [4.69, 9.17) is 0 Å². The van der Waals surface area contributed by atoms with Crippen molar-refractivity contribution in [1.82, 2.24) is 13.9 Å². The molecule has 4 rings (SSSR count). The van der Waals surface area contributed by atoms with Crippen molar-refractivity contribution in [2.75, 3.05) is 19.4 Å². The number of nitrogens with zero attached hydrogens (tertiary/aromatic N) is 3. The van der Waals surface area contributed by atoms with Crippen molar-refractivity contribution in [2.24, 2.45) is 0 Å². The van der Waals surface area contributed by atoms with Crippen LogP contribution in [0.3, 0.4) is 0 Å². The lowest BCUT2D eigenvalue weighted by molar-refractivity contribution is -0.116. The highest BCUT2D eigenvalue weighted by Crippen LogP contribution is 2.35. The molecule has 176 valence electrons. The monoisotopic (exact) mass is 496 g/mol. The highest BCUT2D eigenvalue weighted by Gasteiger charge is 2.20. The lowest BCUT2D eigenvalue weighted by Crippen LogP contribution is -2.28. The maximum absolute atomic E-state index is 13.3. The molecule has 2 aromatic carbocycles. The van der Waals surface area contributed by atoms with E-state index < -0.39 is 15.9 Å². The van der Waals surface area contributed by atoms with Gasteiger partial charge in [0.2, 0.25) is 15.9 Å². The molecule has 0 saturated carbocycles. The number of carbonyl (C=O) groups excluding carboxylic acids is 1. The molecule has 34 heavy (non-hydrogen) atoms. The number of aromatic nitrogens is 2. The number of hydrogen-bond donors (Lipinski definition) is 1. The highest BCUT2D eigenvalue weighted by atomic mass is 32.2. The van der Waals surface area contributed by atoms with Gasteiger partial charge >= 0.3 is 0 Å². The van der Waals surface area contributed by atoms with Crippen molar-refractivity contribution >= 4 is 43.2 Å². The van der Waals surface area contributed by atoms with Crippen molar-refractivity contribution < 1.29 is 13.2 Å². The SMILES string of the molecule is Cc1ccc(S(=O)(=O)N(C)C)cc1NC(=O)Cn1cnc2sc(C)c(-c3ccccc3)c2c1=O. The molecule has 4 aromatic rings. The number of carbonyl (C=O) groups is 1. The second-order valence-electron chi connectivity index (χ2n) is 8.07. The van der Waals surface area contributed by atoms with E-state index in [-0.39, 0.29) is 17.0 Å². The van der Waals surface area contributed by atoms with E-state index in [1.165, 1.54) is 48.5 Å². The molecular weight excluding hydrogens is 472 g/mol. The number of benzene rings is 2. The van der Waals surface area contributed by atoms with Gasteiger partial charge in [0, 0.05) is 30.2 Å². The number of anilines is 1. The molecule has 0 radical (unpaired) electrons. The molecule has 2 aromatic heterocycles. The first kappa shape index (κ1) is 23.8. The summed E-state index contributed by atoms with van der Waals surface area (Å²) in [4.78, 5) is 32.2. The Hall–Kier alpha value is -3.34. The Labute approximate surface area is 201 Å². The number of aryl methyl sites for hydroxylation is 2. The Morgan fingerprint density at radius 1 is 1.12 bits per heavy atom. The van der Waals surface area contributed by atoms with Crippen LogP contribution >= 0.6 is 11.3 Å². The molecule has 1 N–H and O–H groups in total. The molecule has 0 aliphatic rings. The van der Waals surface area contributed by atoms with Crippen LogP contribution in [0, 0.1) is 13.8 Å². The molecule has 0 bridgehead atoms. The van der Waals surface area contributed by atoms with Crippen LogP contribution in [0.25, 0.3) is 21.3 Å². The van der Waals surface area contributed by atoms with Crippen molar-refractivity contribution in [3.8, 4) is 11.1 Å². The van der Waals surface area contributed by atoms with Gasteiger partial charge in [0.1, 0.15) is 11.4 Å². The van der Waals surface area contributed by atoms with Gasteiger partial charge in [-0.2, -0.15) is 0 Å². The lowest BCUT2D eigenvalue weighted by Gasteiger charge is -2.14. The fourth-order valence-corrected chi connectivity index (χ4v) is 5.59. The standard InChI is InChI=1S/C24H24N4O4S2/c1-15-10-11-18(34(31,32)27(3)4)12-19(15)26-20(29)13-28-14-25-23-22(24(28)30)21(16(2)33-23)17-8-6-5-7-9-17/h5-12,14H,13H2,1-4H3,(H,26,29). The fraction of sp³-hybridized carbons (Fsp3) is 0.208. The third-order valence-electron chi connectivity index (χ3n) is 5.49. The third-order valence-corrected chi connectivity index (χ3v) is 8.32. The van der Waals surface area contributed by atoms with Gasteiger partial charge in [0.25, 0.3) is 5.56 Å². The first-order valence-corrected chi connectivity index (χ1v) is 12.7. The van der Waals surface area contributed by atoms with Gasteiger partial charge in [-0.05, 0) is 37.1 Å². The molecule has 0 atom stereocenters. The molecule has 0 unspecified atom stereocenters. The van der Waals surface area contributed by atoms with Crippen LogP contribution in [0.5, 0.6) is 0 Å². The Morgan fingerprint density at radius 2 is 1.82 bits per heavy atom. The number of rotatable bonds is 6. The molecule has 10 heteroatoms. The zero-order valence-electron chi connectivity index (χ0n) is 19.2. The van der Waals surface area contributed by atoms with E-state index >= 15 is 0 Å². The summed E-state index contributed by atoms with van der Waals surface area (Å²) in [6, 6.07) is 14.2. The fourth-order valence-electron chi connectivity index (χ4n) is 3.65. The summed E-state index contributed by atoms with van der Waals surface area (Å²) in [5, 5.41) is 3.22. The summed E-state index contributed by atoms with van der Waals surface area (Å²) in [5.74, 6) is -0.459. The second kappa shape index (κ2) is 9.13. The van der Waals surface area contributed by atoms with Gasteiger partial charge in [-0.15, -0.1) is 11.3 Å². The molecule has 0 aliphatic heterocycles. The van der Waals surface area contributed by atoms with Crippen molar-refractivity contribution in [1.29, 1.82) is 0 Å². The largest absolute Gasteiger partial charge is 0.324 e. The van der Waals surface area contributed by atoms with Gasteiger partial charge in [0.05, 0.1) is 16.6 Å². The van der Waals surface area contributed by atoms with Gasteiger partial charge < -0.3 is 5.32 Å². The lowest BCUT2D eigenvalue weighted by atomic mass is 10.0. The molecule has 1 amide bonds. The average Bonchev–Trinajstić information content (AvgIpc) is 3.14. The highest BCUT2D eigenvalue weighted by molar-refractivity contribution is 7.89. The van der Waals surface area contributed by atoms with Gasteiger partial charge in [0.15, 0.2) is 0 Å². The van der Waals surface area contributed by atoms with Crippen molar-refractivity contribution in [3.63, 3.8) is 0 Å². The summed E-state index contributed by atoms with van der Waals surface area (Å²) in [6.45, 7) is 3.46. The summed E-state index contributed by atoms with van der Waals surface area (Å²) >= 11 is 1.44. The topological polar surface area (TPSA) is 101 Å². The first-order valence-electron chi connectivity index (χ1n) is 10.5. The van der Waals surface area contributed by atoms with Crippen LogP contribution in [0.2, 0.25) is 0 Å². The summed E-state index contributed by atoms with van der Waals surface area (Å²) < 4.78 is 27.3. The minimum Gasteiger partial charge on any atom is -0.324 e. The minimum absolute atomic E-state index is 0.0694. The predicted molar refractivity (Wildman–Crippen MR) is 135 cm³/mol. The first-order chi connectivity index (χ1) is 16.1. The third kappa shape index (κ3) is 4.39. The molecular formula is C24H24N4O4S2. The van der Waals surface area contributed by atoms with Crippen LogP contribution in [0.15, 0.2) is 64.5 Å². The Kier molecular flexibility index (Phi) is 6.39. The minimum atomic E-state index is -3.65. The maximum Gasteiger partial charge on any atom is 0.263 e. The molecule has 0 spiro atoms. The number of amides is 1. The molecule has 8 nitrogen and oxygen atoms in total. The number of nitrogens with one attached hydrogen (secondary N) is 1. The summed E-state index contributed by atoms with van der Waals surface area (Å²) in [6.07, 6.45) is 1.37. The molecule has 0 fully saturated rings. The molecule has 2 heterocycles. The van der Waals surface area contributed by atoms with E-state index in [1.807, 2.05) is 37.3 Å². The van der Waals surface area contributed by atoms with Gasteiger partial charge in [-0.25, -0.2) is 17.7 Å². The summed E-state index contributed by atoms with van der Waals surface area (Å²) in [7, 11) is -0.766. The Balaban J connectivity index is 1.66. The van der Waals surface area contributed by atoms with E-state index in [0.29, 0.717) is 21.5 Å². The van der Waals surface area contributed by atoms with E-state index in [9.17, 15) is 18.0 Å². The normalized spacial score (nSPS) is 11.8. The zero-order valence-corrected chi connectivity index (χ0v) is 20.8. The van der Waals surface area contributed by atoms with E-state index in [0.717, 1.165) is 20.3 Å². The zero-order chi connectivity index (χ0) is 24.6. The summed E-state index contributed by atoms with van der Waals surface area (Å²) in [5.41, 5.74) is 2.51. The number of sulfonamides is 1. The van der Waals surface area contributed by atoms with Crippen LogP contribution in [0.4, 0.5) is 5.69 Å². The van der Waals surface area contributed by atoms with E-state index in [2.05, 4.69) is 10.3 Å². The predicted octanol–water partition coefficient (Wildman–Crippen LogP) is 3.63. The quantitative estimate of drug-likeness (QED) is 0.439. The van der Waals surface area contributed by atoms with Gasteiger partial charge in [-0.3, -0.25) is 14.2 Å². The van der Waals surface area contributed by atoms with Gasteiger partial charge in [-0.1, -0.05) is 36.4 Å². The number of hydrogen-bond acceptors (Lipinski definition) is 6. The number of fused-ring (bicyclic) bond motifs is 1. The van der Waals surface area contributed by atoms with Crippen LogP contribution in [-0.4, -0.2) is 42.3 Å².